The molecule has 0 amide bonds. The monoisotopic (exact) mass is 802 g/mol. The first-order valence-electron chi connectivity index (χ1n) is 21.3. The van der Waals surface area contributed by atoms with Gasteiger partial charge in [-0.15, -0.1) is 0 Å². The highest BCUT2D eigenvalue weighted by Gasteiger charge is 2.17. The molecule has 0 aliphatic rings. The smallest absolute Gasteiger partial charge is 0.164 e. The van der Waals surface area contributed by atoms with Crippen LogP contribution in [-0.4, -0.2) is 19.5 Å². The van der Waals surface area contributed by atoms with Crippen LogP contribution in [0.5, 0.6) is 0 Å². The van der Waals surface area contributed by atoms with Gasteiger partial charge in [0.2, 0.25) is 0 Å². The number of hydrogen-bond acceptors (Lipinski definition) is 3. The fourth-order valence-electron chi connectivity index (χ4n) is 9.18. The van der Waals surface area contributed by atoms with E-state index in [1.54, 1.807) is 0 Å². The van der Waals surface area contributed by atoms with E-state index < -0.39 is 0 Å². The molecule has 2 heterocycles. The van der Waals surface area contributed by atoms with Gasteiger partial charge in [0, 0.05) is 33.2 Å². The average molecular weight is 803 g/mol. The molecular formula is C59H38N4. The lowest BCUT2D eigenvalue weighted by Gasteiger charge is -2.14. The Hall–Kier alpha value is -8.47. The van der Waals surface area contributed by atoms with Gasteiger partial charge < -0.3 is 4.57 Å². The average Bonchev–Trinajstić information content (AvgIpc) is 3.70. The lowest BCUT2D eigenvalue weighted by molar-refractivity contribution is 1.07. The number of para-hydroxylation sites is 2. The van der Waals surface area contributed by atoms with Gasteiger partial charge in [0.25, 0.3) is 0 Å². The molecule has 0 bridgehead atoms. The summed E-state index contributed by atoms with van der Waals surface area (Å²) in [5.41, 5.74) is 13.2. The van der Waals surface area contributed by atoms with Crippen LogP contribution in [0.15, 0.2) is 231 Å². The van der Waals surface area contributed by atoms with Crippen molar-refractivity contribution in [3.05, 3.63) is 231 Å². The fourth-order valence-corrected chi connectivity index (χ4v) is 9.18. The molecule has 2 aromatic heterocycles. The van der Waals surface area contributed by atoms with Crippen molar-refractivity contribution in [2.75, 3.05) is 0 Å². The number of nitrogens with zero attached hydrogens (tertiary/aromatic N) is 4. The van der Waals surface area contributed by atoms with E-state index in [0.29, 0.717) is 17.5 Å². The molecule has 0 fully saturated rings. The van der Waals surface area contributed by atoms with E-state index in [1.165, 1.54) is 43.8 Å². The molecule has 0 spiro atoms. The molecule has 12 aromatic rings. The molecule has 294 valence electrons. The van der Waals surface area contributed by atoms with Crippen molar-refractivity contribution in [1.82, 2.24) is 19.5 Å². The Morgan fingerprint density at radius 1 is 0.270 bits per heavy atom. The number of hydrogen-bond donors (Lipinski definition) is 0. The fraction of sp³-hybridized carbons (Fsp3) is 0. The minimum atomic E-state index is 0.614. The van der Waals surface area contributed by atoms with Crippen LogP contribution in [0.25, 0.3) is 117 Å². The van der Waals surface area contributed by atoms with E-state index in [9.17, 15) is 0 Å². The Balaban J connectivity index is 1.00. The van der Waals surface area contributed by atoms with E-state index in [2.05, 4.69) is 229 Å². The minimum Gasteiger partial charge on any atom is -0.309 e. The van der Waals surface area contributed by atoms with Gasteiger partial charge in [0.05, 0.1) is 11.0 Å². The lowest BCUT2D eigenvalue weighted by Crippen LogP contribution is -2.01. The second-order valence-corrected chi connectivity index (χ2v) is 16.0. The van der Waals surface area contributed by atoms with Crippen LogP contribution in [0.4, 0.5) is 0 Å². The topological polar surface area (TPSA) is 43.6 Å². The molecule has 0 saturated heterocycles. The van der Waals surface area contributed by atoms with Crippen molar-refractivity contribution in [2.24, 2.45) is 0 Å². The van der Waals surface area contributed by atoms with Crippen LogP contribution in [0.2, 0.25) is 0 Å². The SMILES string of the molecule is c1ccc(-c2ccc(-c3nc(-c4cccc(-n5c6ccccc6c6ccccc65)c4)nc(-c4ccc5ccc(-c6cccc7cccc(-c8ccccc8)c67)cc5c4)n3)cc2)cc1. The highest BCUT2D eigenvalue weighted by molar-refractivity contribution is 6.10. The zero-order valence-corrected chi connectivity index (χ0v) is 34.2. The van der Waals surface area contributed by atoms with Crippen molar-refractivity contribution < 1.29 is 0 Å². The predicted molar refractivity (Wildman–Crippen MR) is 262 cm³/mol. The summed E-state index contributed by atoms with van der Waals surface area (Å²) in [6.07, 6.45) is 0. The van der Waals surface area contributed by atoms with Crippen molar-refractivity contribution >= 4 is 43.4 Å². The number of rotatable bonds is 7. The summed E-state index contributed by atoms with van der Waals surface area (Å²) in [7, 11) is 0. The minimum absolute atomic E-state index is 0.614. The van der Waals surface area contributed by atoms with Crippen LogP contribution in [-0.2, 0) is 0 Å². The molecule has 63 heavy (non-hydrogen) atoms. The molecule has 0 aliphatic carbocycles. The van der Waals surface area contributed by atoms with Gasteiger partial charge >= 0.3 is 0 Å². The second kappa shape index (κ2) is 15.2. The van der Waals surface area contributed by atoms with Crippen LogP contribution >= 0.6 is 0 Å². The zero-order valence-electron chi connectivity index (χ0n) is 34.2. The van der Waals surface area contributed by atoms with Gasteiger partial charge in [0.15, 0.2) is 17.5 Å². The van der Waals surface area contributed by atoms with Crippen LogP contribution in [0.1, 0.15) is 0 Å². The number of fused-ring (bicyclic) bond motifs is 5. The Morgan fingerprint density at radius 2 is 0.730 bits per heavy atom. The molecule has 0 N–H and O–H groups in total. The van der Waals surface area contributed by atoms with Crippen molar-refractivity contribution in [3.8, 4) is 73.2 Å². The third kappa shape index (κ3) is 6.53. The summed E-state index contributed by atoms with van der Waals surface area (Å²) >= 11 is 0. The maximum atomic E-state index is 5.25. The highest BCUT2D eigenvalue weighted by Crippen LogP contribution is 2.39. The standard InChI is InChI=1S/C59H38N4/c1-3-14-39(15-4-1)40-28-32-44(33-29-40)57-60-58(46-20-11-21-49(38-46)63-54-26-9-7-22-52(54)53-23-8-10-27-55(53)63)62-59(61-57)47-35-31-41-30-34-45(36-48(41)37-47)51-25-13-19-43-18-12-24-50(56(43)51)42-16-5-2-6-17-42/h1-38H. The van der Waals surface area contributed by atoms with Crippen molar-refractivity contribution in [1.29, 1.82) is 0 Å². The highest BCUT2D eigenvalue weighted by atomic mass is 15.0. The van der Waals surface area contributed by atoms with Gasteiger partial charge in [-0.2, -0.15) is 0 Å². The normalized spacial score (nSPS) is 11.5. The molecule has 0 saturated carbocycles. The van der Waals surface area contributed by atoms with Crippen LogP contribution < -0.4 is 0 Å². The van der Waals surface area contributed by atoms with Gasteiger partial charge in [-0.05, 0) is 91.3 Å². The van der Waals surface area contributed by atoms with E-state index in [4.69, 9.17) is 15.0 Å². The van der Waals surface area contributed by atoms with Gasteiger partial charge in [-0.3, -0.25) is 0 Å². The summed E-state index contributed by atoms with van der Waals surface area (Å²) in [6, 6.07) is 81.8. The summed E-state index contributed by atoms with van der Waals surface area (Å²) in [5, 5.41) is 7.17. The van der Waals surface area contributed by atoms with Crippen molar-refractivity contribution in [2.45, 2.75) is 0 Å². The Bertz CT molecular complexity index is 3610. The molecular weight excluding hydrogens is 765 g/mol. The summed E-state index contributed by atoms with van der Waals surface area (Å²) < 4.78 is 2.33. The maximum Gasteiger partial charge on any atom is 0.164 e. The van der Waals surface area contributed by atoms with Gasteiger partial charge in [-0.1, -0.05) is 194 Å². The van der Waals surface area contributed by atoms with E-state index >= 15 is 0 Å². The van der Waals surface area contributed by atoms with Crippen molar-refractivity contribution in [3.63, 3.8) is 0 Å². The van der Waals surface area contributed by atoms with Gasteiger partial charge in [0.1, 0.15) is 0 Å². The first-order valence-corrected chi connectivity index (χ1v) is 21.3. The molecule has 12 rings (SSSR count). The Labute approximate surface area is 365 Å². The van der Waals surface area contributed by atoms with E-state index in [0.717, 1.165) is 55.3 Å². The molecule has 4 nitrogen and oxygen atoms in total. The number of benzene rings is 10. The third-order valence-corrected chi connectivity index (χ3v) is 12.2. The van der Waals surface area contributed by atoms with Gasteiger partial charge in [-0.25, -0.2) is 15.0 Å². The molecule has 4 heteroatoms. The maximum absolute atomic E-state index is 5.25. The molecule has 10 aromatic carbocycles. The lowest BCUT2D eigenvalue weighted by atomic mass is 9.90. The molecule has 0 aliphatic heterocycles. The third-order valence-electron chi connectivity index (χ3n) is 12.2. The summed E-state index contributed by atoms with van der Waals surface area (Å²) in [5.74, 6) is 1.85. The molecule has 0 unspecified atom stereocenters. The molecule has 0 radical (unpaired) electrons. The second-order valence-electron chi connectivity index (χ2n) is 16.0. The van der Waals surface area contributed by atoms with E-state index in [1.807, 2.05) is 6.07 Å². The zero-order chi connectivity index (χ0) is 41.7. The number of aromatic nitrogens is 4. The Morgan fingerprint density at radius 3 is 1.40 bits per heavy atom. The first kappa shape index (κ1) is 36.4. The van der Waals surface area contributed by atoms with E-state index in [-0.39, 0.29) is 0 Å². The Kier molecular flexibility index (Phi) is 8.79. The largest absolute Gasteiger partial charge is 0.309 e. The summed E-state index contributed by atoms with van der Waals surface area (Å²) in [6.45, 7) is 0. The predicted octanol–water partition coefficient (Wildman–Crippen LogP) is 15.3. The summed E-state index contributed by atoms with van der Waals surface area (Å²) in [4.78, 5) is 15.7. The first-order chi connectivity index (χ1) is 31.2. The van der Waals surface area contributed by atoms with Crippen LogP contribution in [0, 0.1) is 0 Å². The molecule has 0 atom stereocenters. The van der Waals surface area contributed by atoms with Crippen LogP contribution in [0.3, 0.4) is 0 Å². The quantitative estimate of drug-likeness (QED) is 0.161.